The van der Waals surface area contributed by atoms with E-state index in [1.807, 2.05) is 66.5 Å². The number of nitrogens with zero attached hydrogens (tertiary/aromatic N) is 3. The summed E-state index contributed by atoms with van der Waals surface area (Å²) in [7, 11) is 1.86. The van der Waals surface area contributed by atoms with E-state index in [2.05, 4.69) is 62.4 Å². The van der Waals surface area contributed by atoms with Crippen LogP contribution in [0.3, 0.4) is 0 Å². The lowest BCUT2D eigenvalue weighted by molar-refractivity contribution is 0.0742. The van der Waals surface area contributed by atoms with Crippen LogP contribution in [0.5, 0.6) is 11.5 Å². The average Bonchev–Trinajstić information content (AvgIpc) is 3.53. The molecule has 1 amide bonds. The molecule has 4 aromatic carbocycles. The lowest BCUT2D eigenvalue weighted by Gasteiger charge is -2.27. The number of hydrogen-bond donors (Lipinski definition) is 0. The first kappa shape index (κ1) is 28.3. The second-order valence-corrected chi connectivity index (χ2v) is 11.1. The molecule has 1 aliphatic heterocycles. The minimum Gasteiger partial charge on any atom is -0.494 e. The first-order valence-corrected chi connectivity index (χ1v) is 14.9. The minimum atomic E-state index is -0.257. The van der Waals surface area contributed by atoms with Gasteiger partial charge in [0.2, 0.25) is 0 Å². The summed E-state index contributed by atoms with van der Waals surface area (Å²) in [6.45, 7) is 5.95. The molecule has 218 valence electrons. The Balaban J connectivity index is 1.31. The third kappa shape index (κ3) is 6.05. The maximum absolute atomic E-state index is 14.0. The Hall–Kier alpha value is -4.84. The predicted octanol–water partition coefficient (Wildman–Crippen LogP) is 7.55. The highest BCUT2D eigenvalue weighted by atomic mass is 16.5. The first-order chi connectivity index (χ1) is 21.0. The van der Waals surface area contributed by atoms with Gasteiger partial charge in [-0.25, -0.2) is 0 Å². The molecule has 43 heavy (non-hydrogen) atoms. The van der Waals surface area contributed by atoms with E-state index in [9.17, 15) is 4.79 Å². The molecule has 1 aromatic heterocycles. The molecular formula is C37H37N3O3. The van der Waals surface area contributed by atoms with Crippen molar-refractivity contribution in [2.75, 3.05) is 13.2 Å². The molecule has 6 heteroatoms. The van der Waals surface area contributed by atoms with E-state index in [-0.39, 0.29) is 11.9 Å². The number of aromatic nitrogens is 2. The third-order valence-corrected chi connectivity index (χ3v) is 7.94. The molecule has 6 nitrogen and oxygen atoms in total. The fourth-order valence-corrected chi connectivity index (χ4v) is 5.67. The van der Waals surface area contributed by atoms with E-state index < -0.39 is 0 Å². The zero-order valence-corrected chi connectivity index (χ0v) is 25.0. The van der Waals surface area contributed by atoms with Crippen LogP contribution in [0.25, 0.3) is 11.3 Å². The van der Waals surface area contributed by atoms with Crippen LogP contribution in [0, 0.1) is 6.92 Å². The molecule has 0 saturated heterocycles. The fourth-order valence-electron chi connectivity index (χ4n) is 5.67. The lowest BCUT2D eigenvalue weighted by atomic mass is 9.95. The van der Waals surface area contributed by atoms with E-state index >= 15 is 0 Å². The summed E-state index contributed by atoms with van der Waals surface area (Å²) in [5.74, 6) is 1.62. The van der Waals surface area contributed by atoms with Gasteiger partial charge in [0.05, 0.1) is 18.3 Å². The fraction of sp³-hybridized carbons (Fsp3) is 0.243. The van der Waals surface area contributed by atoms with Gasteiger partial charge in [0.1, 0.15) is 23.8 Å². The summed E-state index contributed by atoms with van der Waals surface area (Å²) in [4.78, 5) is 16.0. The number of rotatable bonds is 11. The summed E-state index contributed by atoms with van der Waals surface area (Å²) in [5.41, 5.74) is 7.94. The van der Waals surface area contributed by atoms with Crippen molar-refractivity contribution < 1.29 is 14.3 Å². The molecule has 5 aromatic rings. The summed E-state index contributed by atoms with van der Waals surface area (Å²) >= 11 is 0. The van der Waals surface area contributed by atoms with Gasteiger partial charge in [0, 0.05) is 24.7 Å². The van der Waals surface area contributed by atoms with Gasteiger partial charge in [0.15, 0.2) is 0 Å². The molecule has 0 fully saturated rings. The standard InChI is InChI=1S/C37H37N3O3/c1-4-24-42-31-20-16-30(17-21-31)35-33-34(29-14-18-32(19-15-29)43-25-28-12-10-26(2)11-13-28)38-39(3)36(33)37(41)40(35)23-22-27-8-6-5-7-9-27/h5-21,35H,4,22-25H2,1-3H3/t35-/m1/s1. The van der Waals surface area contributed by atoms with Crippen molar-refractivity contribution in [3.05, 3.63) is 137 Å². The number of carbonyl (C=O) groups is 1. The molecule has 0 N–H and O–H groups in total. The molecular weight excluding hydrogens is 534 g/mol. The van der Waals surface area contributed by atoms with Crippen molar-refractivity contribution in [2.24, 2.45) is 7.05 Å². The molecule has 0 aliphatic carbocycles. The van der Waals surface area contributed by atoms with Crippen LogP contribution in [0.4, 0.5) is 0 Å². The number of ether oxygens (including phenoxy) is 2. The number of carbonyl (C=O) groups excluding carboxylic acids is 1. The highest BCUT2D eigenvalue weighted by molar-refractivity contribution is 6.00. The number of amides is 1. The SMILES string of the molecule is CCCOc1ccc([C@@H]2c3c(-c4ccc(OCc5ccc(C)cc5)cc4)nn(C)c3C(=O)N2CCc2ccccc2)cc1. The minimum absolute atomic E-state index is 0.00143. The highest BCUT2D eigenvalue weighted by Gasteiger charge is 2.43. The van der Waals surface area contributed by atoms with E-state index in [1.54, 1.807) is 4.68 Å². The Morgan fingerprint density at radius 2 is 1.47 bits per heavy atom. The molecule has 0 bridgehead atoms. The number of benzene rings is 4. The zero-order chi connectivity index (χ0) is 29.8. The molecule has 2 heterocycles. The molecule has 0 saturated carbocycles. The van der Waals surface area contributed by atoms with Crippen LogP contribution in [0.2, 0.25) is 0 Å². The van der Waals surface area contributed by atoms with Gasteiger partial charge in [-0.3, -0.25) is 9.48 Å². The highest BCUT2D eigenvalue weighted by Crippen LogP contribution is 2.44. The van der Waals surface area contributed by atoms with E-state index in [1.165, 1.54) is 11.1 Å². The van der Waals surface area contributed by atoms with Crippen molar-refractivity contribution in [2.45, 2.75) is 39.3 Å². The van der Waals surface area contributed by atoms with Gasteiger partial charge >= 0.3 is 0 Å². The second kappa shape index (κ2) is 12.6. The third-order valence-electron chi connectivity index (χ3n) is 7.94. The Bertz CT molecular complexity index is 1670. The molecule has 1 aliphatic rings. The maximum Gasteiger partial charge on any atom is 0.273 e. The molecule has 0 unspecified atom stereocenters. The molecule has 1 atom stereocenters. The summed E-state index contributed by atoms with van der Waals surface area (Å²) in [6.07, 6.45) is 1.72. The Morgan fingerprint density at radius 1 is 0.791 bits per heavy atom. The van der Waals surface area contributed by atoms with Gasteiger partial charge in [0.25, 0.3) is 5.91 Å². The summed E-state index contributed by atoms with van der Waals surface area (Å²) < 4.78 is 13.6. The quantitative estimate of drug-likeness (QED) is 0.164. The normalized spacial score (nSPS) is 14.2. The van der Waals surface area contributed by atoms with Crippen LogP contribution >= 0.6 is 0 Å². The van der Waals surface area contributed by atoms with Gasteiger partial charge in [-0.1, -0.05) is 79.2 Å². The molecule has 0 radical (unpaired) electrons. The lowest BCUT2D eigenvalue weighted by Crippen LogP contribution is -2.32. The number of aryl methyl sites for hydroxylation is 2. The smallest absolute Gasteiger partial charge is 0.273 e. The second-order valence-electron chi connectivity index (χ2n) is 11.1. The number of hydrogen-bond acceptors (Lipinski definition) is 4. The van der Waals surface area contributed by atoms with E-state index in [0.29, 0.717) is 25.5 Å². The van der Waals surface area contributed by atoms with E-state index in [4.69, 9.17) is 14.6 Å². The van der Waals surface area contributed by atoms with Crippen molar-refractivity contribution in [1.29, 1.82) is 0 Å². The largest absolute Gasteiger partial charge is 0.494 e. The predicted molar refractivity (Wildman–Crippen MR) is 169 cm³/mol. The Kier molecular flexibility index (Phi) is 8.27. The van der Waals surface area contributed by atoms with Crippen LogP contribution in [0.15, 0.2) is 103 Å². The van der Waals surface area contributed by atoms with Crippen LogP contribution in [-0.2, 0) is 20.1 Å². The van der Waals surface area contributed by atoms with Crippen molar-refractivity contribution in [3.63, 3.8) is 0 Å². The average molecular weight is 572 g/mol. The Labute approximate surface area is 253 Å². The molecule has 0 spiro atoms. The Morgan fingerprint density at radius 3 is 2.16 bits per heavy atom. The van der Waals surface area contributed by atoms with Crippen LogP contribution in [0.1, 0.15) is 57.7 Å². The van der Waals surface area contributed by atoms with Crippen molar-refractivity contribution in [3.8, 4) is 22.8 Å². The van der Waals surface area contributed by atoms with Crippen molar-refractivity contribution >= 4 is 5.91 Å². The van der Waals surface area contributed by atoms with Gasteiger partial charge in [-0.05, 0) is 72.9 Å². The number of fused-ring (bicyclic) bond motifs is 1. The summed E-state index contributed by atoms with van der Waals surface area (Å²) in [5, 5.41) is 4.87. The van der Waals surface area contributed by atoms with Crippen LogP contribution < -0.4 is 9.47 Å². The first-order valence-electron chi connectivity index (χ1n) is 14.9. The van der Waals surface area contributed by atoms with Gasteiger partial charge in [-0.15, -0.1) is 0 Å². The van der Waals surface area contributed by atoms with Gasteiger partial charge < -0.3 is 14.4 Å². The molecule has 6 rings (SSSR count). The van der Waals surface area contributed by atoms with Crippen molar-refractivity contribution in [1.82, 2.24) is 14.7 Å². The summed E-state index contributed by atoms with van der Waals surface area (Å²) in [6, 6.07) is 34.6. The zero-order valence-electron chi connectivity index (χ0n) is 25.0. The topological polar surface area (TPSA) is 56.6 Å². The van der Waals surface area contributed by atoms with Crippen LogP contribution in [-0.4, -0.2) is 33.7 Å². The van der Waals surface area contributed by atoms with E-state index in [0.717, 1.165) is 52.3 Å². The van der Waals surface area contributed by atoms with Gasteiger partial charge in [-0.2, -0.15) is 5.10 Å². The maximum atomic E-state index is 14.0. The monoisotopic (exact) mass is 571 g/mol.